The molecule has 0 saturated carbocycles. The van der Waals surface area contributed by atoms with Crippen LogP contribution in [0.25, 0.3) is 0 Å². The number of rotatable bonds is 4. The highest BCUT2D eigenvalue weighted by molar-refractivity contribution is 5.84. The Morgan fingerprint density at radius 3 is 2.47 bits per heavy atom. The largest absolute Gasteiger partial charge is 0.382 e. The van der Waals surface area contributed by atoms with Crippen molar-refractivity contribution in [1.29, 1.82) is 0 Å². The van der Waals surface area contributed by atoms with Gasteiger partial charge in [-0.05, 0) is 6.07 Å². The van der Waals surface area contributed by atoms with Gasteiger partial charge < -0.3 is 15.5 Å². The molecule has 0 saturated heterocycles. The Balaban J connectivity index is 2.50. The maximum Gasteiger partial charge on any atom is 0.244 e. The van der Waals surface area contributed by atoms with Crippen molar-refractivity contribution < 1.29 is 9.59 Å². The fourth-order valence-electron chi connectivity index (χ4n) is 1.16. The third kappa shape index (κ3) is 3.78. The van der Waals surface area contributed by atoms with Gasteiger partial charge in [-0.1, -0.05) is 0 Å². The van der Waals surface area contributed by atoms with Crippen molar-refractivity contribution >= 4 is 17.6 Å². The van der Waals surface area contributed by atoms with Crippen molar-refractivity contribution in [2.24, 2.45) is 0 Å². The van der Waals surface area contributed by atoms with E-state index in [4.69, 9.17) is 5.73 Å². The summed E-state index contributed by atoms with van der Waals surface area (Å²) in [5.74, 6) is 0.0500. The van der Waals surface area contributed by atoms with Crippen molar-refractivity contribution in [1.82, 2.24) is 19.6 Å². The number of nitrogens with two attached hydrogens (primary N) is 1. The lowest BCUT2D eigenvalue weighted by molar-refractivity contribution is -0.138. The van der Waals surface area contributed by atoms with Crippen molar-refractivity contribution in [2.45, 2.75) is 6.54 Å². The minimum atomic E-state index is -0.191. The molecule has 1 aromatic rings. The Hall–Kier alpha value is -2.05. The van der Waals surface area contributed by atoms with E-state index in [2.05, 4.69) is 5.10 Å². The minimum Gasteiger partial charge on any atom is -0.382 e. The predicted octanol–water partition coefficient (Wildman–Crippen LogP) is -0.988. The van der Waals surface area contributed by atoms with Gasteiger partial charge in [-0.25, -0.2) is 0 Å². The molecular weight excluding hydrogens is 222 g/mol. The molecular formula is C10H17N5O2. The van der Waals surface area contributed by atoms with Crippen LogP contribution in [0.15, 0.2) is 12.3 Å². The van der Waals surface area contributed by atoms with Crippen LogP contribution in [0.5, 0.6) is 0 Å². The van der Waals surface area contributed by atoms with Gasteiger partial charge in [-0.3, -0.25) is 14.3 Å². The first kappa shape index (κ1) is 13.0. The standard InChI is InChI=1S/C10H17N5O2/c1-13(2)9(16)6-14(3)10(17)7-15-5-4-8(11)12-15/h4-5H,6-7H2,1-3H3,(H2,11,12). The molecule has 0 aliphatic rings. The molecule has 0 radical (unpaired) electrons. The zero-order chi connectivity index (χ0) is 13.0. The molecule has 2 amide bonds. The van der Waals surface area contributed by atoms with E-state index in [0.717, 1.165) is 0 Å². The molecule has 7 nitrogen and oxygen atoms in total. The van der Waals surface area contributed by atoms with Crippen molar-refractivity contribution in [3.05, 3.63) is 12.3 Å². The monoisotopic (exact) mass is 239 g/mol. The highest BCUT2D eigenvalue weighted by atomic mass is 16.2. The van der Waals surface area contributed by atoms with Crippen LogP contribution in [0.2, 0.25) is 0 Å². The summed E-state index contributed by atoms with van der Waals surface area (Å²) in [5, 5.41) is 3.90. The predicted molar refractivity (Wildman–Crippen MR) is 63.0 cm³/mol. The average Bonchev–Trinajstić information content (AvgIpc) is 2.63. The maximum absolute atomic E-state index is 11.7. The van der Waals surface area contributed by atoms with E-state index in [9.17, 15) is 9.59 Å². The lowest BCUT2D eigenvalue weighted by Gasteiger charge is -2.19. The Kier molecular flexibility index (Phi) is 4.08. The molecule has 94 valence electrons. The smallest absolute Gasteiger partial charge is 0.244 e. The van der Waals surface area contributed by atoms with Gasteiger partial charge in [0.25, 0.3) is 0 Å². The van der Waals surface area contributed by atoms with E-state index >= 15 is 0 Å². The SMILES string of the molecule is CN(C)C(=O)CN(C)C(=O)Cn1ccc(N)n1. The molecule has 1 heterocycles. The second-order valence-electron chi connectivity index (χ2n) is 3.98. The number of nitrogen functional groups attached to an aromatic ring is 1. The first-order chi connectivity index (χ1) is 7.90. The van der Waals surface area contributed by atoms with Gasteiger partial charge >= 0.3 is 0 Å². The summed E-state index contributed by atoms with van der Waals surface area (Å²) < 4.78 is 1.44. The third-order valence-electron chi connectivity index (χ3n) is 2.26. The molecule has 0 unspecified atom stereocenters. The fourth-order valence-corrected chi connectivity index (χ4v) is 1.16. The second-order valence-corrected chi connectivity index (χ2v) is 3.98. The van der Waals surface area contributed by atoms with Crippen molar-refractivity contribution in [3.8, 4) is 0 Å². The number of hydrogen-bond acceptors (Lipinski definition) is 4. The molecule has 0 aromatic carbocycles. The second kappa shape index (κ2) is 5.33. The van der Waals surface area contributed by atoms with E-state index in [-0.39, 0.29) is 24.9 Å². The Morgan fingerprint density at radius 1 is 1.35 bits per heavy atom. The quantitative estimate of drug-likeness (QED) is 0.731. The third-order valence-corrected chi connectivity index (χ3v) is 2.26. The number of hydrogen-bond donors (Lipinski definition) is 1. The van der Waals surface area contributed by atoms with E-state index in [1.807, 2.05) is 0 Å². The van der Waals surface area contributed by atoms with Crippen LogP contribution in [0.1, 0.15) is 0 Å². The Bertz CT molecular complexity index is 413. The summed E-state index contributed by atoms with van der Waals surface area (Å²) in [6.45, 7) is 0.136. The average molecular weight is 239 g/mol. The first-order valence-corrected chi connectivity index (χ1v) is 5.13. The van der Waals surface area contributed by atoms with Crippen LogP contribution in [0, 0.1) is 0 Å². The molecule has 0 aliphatic carbocycles. The molecule has 0 bridgehead atoms. The summed E-state index contributed by atoms with van der Waals surface area (Å²) in [6.07, 6.45) is 1.62. The number of carbonyl (C=O) groups excluding carboxylic acids is 2. The molecule has 17 heavy (non-hydrogen) atoms. The molecule has 7 heteroatoms. The topological polar surface area (TPSA) is 84.5 Å². The van der Waals surface area contributed by atoms with Crippen LogP contribution in [-0.2, 0) is 16.1 Å². The number of aromatic nitrogens is 2. The maximum atomic E-state index is 11.7. The van der Waals surface area contributed by atoms with Gasteiger partial charge in [-0.2, -0.15) is 5.10 Å². The Labute approximate surface area is 99.8 Å². The van der Waals surface area contributed by atoms with Gasteiger partial charge in [0.1, 0.15) is 12.4 Å². The van der Waals surface area contributed by atoms with Crippen LogP contribution in [-0.4, -0.2) is 59.1 Å². The molecule has 0 aliphatic heterocycles. The summed E-state index contributed by atoms with van der Waals surface area (Å²) >= 11 is 0. The van der Waals surface area contributed by atoms with Crippen LogP contribution in [0.4, 0.5) is 5.82 Å². The summed E-state index contributed by atoms with van der Waals surface area (Å²) in [5.41, 5.74) is 5.43. The van der Waals surface area contributed by atoms with Gasteiger partial charge in [0, 0.05) is 27.3 Å². The number of nitrogens with zero attached hydrogens (tertiary/aromatic N) is 4. The van der Waals surface area contributed by atoms with Crippen LogP contribution >= 0.6 is 0 Å². The number of anilines is 1. The summed E-state index contributed by atoms with van der Waals surface area (Å²) in [7, 11) is 4.88. The van der Waals surface area contributed by atoms with Crippen molar-refractivity contribution in [2.75, 3.05) is 33.4 Å². The highest BCUT2D eigenvalue weighted by Crippen LogP contribution is 1.97. The molecule has 0 spiro atoms. The molecule has 2 N–H and O–H groups in total. The normalized spacial score (nSPS) is 10.1. The number of carbonyl (C=O) groups is 2. The molecule has 0 fully saturated rings. The lowest BCUT2D eigenvalue weighted by atomic mass is 10.4. The molecule has 1 aromatic heterocycles. The van der Waals surface area contributed by atoms with E-state index < -0.39 is 0 Å². The van der Waals surface area contributed by atoms with Gasteiger partial charge in [-0.15, -0.1) is 0 Å². The first-order valence-electron chi connectivity index (χ1n) is 5.13. The number of likely N-dealkylation sites (N-methyl/N-ethyl adjacent to an activating group) is 2. The Morgan fingerprint density at radius 2 is 2.00 bits per heavy atom. The van der Waals surface area contributed by atoms with E-state index in [0.29, 0.717) is 5.82 Å². The molecule has 0 atom stereocenters. The lowest BCUT2D eigenvalue weighted by Crippen LogP contribution is -2.39. The van der Waals surface area contributed by atoms with E-state index in [1.165, 1.54) is 14.5 Å². The zero-order valence-corrected chi connectivity index (χ0v) is 10.3. The van der Waals surface area contributed by atoms with Gasteiger partial charge in [0.15, 0.2) is 0 Å². The highest BCUT2D eigenvalue weighted by Gasteiger charge is 2.14. The van der Waals surface area contributed by atoms with Crippen molar-refractivity contribution in [3.63, 3.8) is 0 Å². The fraction of sp³-hybridized carbons (Fsp3) is 0.500. The summed E-state index contributed by atoms with van der Waals surface area (Å²) in [6, 6.07) is 1.61. The van der Waals surface area contributed by atoms with Gasteiger partial charge in [0.2, 0.25) is 11.8 Å². The van der Waals surface area contributed by atoms with Crippen LogP contribution in [0.3, 0.4) is 0 Å². The number of amides is 2. The minimum absolute atomic E-state index is 0.0581. The van der Waals surface area contributed by atoms with Gasteiger partial charge in [0.05, 0.1) is 6.54 Å². The van der Waals surface area contributed by atoms with E-state index in [1.54, 1.807) is 33.4 Å². The zero-order valence-electron chi connectivity index (χ0n) is 10.3. The van der Waals surface area contributed by atoms with Crippen LogP contribution < -0.4 is 5.73 Å². The molecule has 1 rings (SSSR count). The summed E-state index contributed by atoms with van der Waals surface area (Å²) in [4.78, 5) is 25.9.